The first kappa shape index (κ1) is 32.3. The van der Waals surface area contributed by atoms with Crippen LogP contribution in [0.15, 0.2) is 33.3 Å². The molecule has 1 heterocycles. The fraction of sp³-hybridized carbons (Fsp3) is 0.429. The Morgan fingerprint density at radius 3 is 2.22 bits per heavy atom. The van der Waals surface area contributed by atoms with Crippen LogP contribution in [0.3, 0.4) is 0 Å². The minimum Gasteiger partial charge on any atom is -0.744 e. The molecule has 0 aliphatic rings. The summed E-state index contributed by atoms with van der Waals surface area (Å²) in [6.45, 7) is 3.55. The Bertz CT molecular complexity index is 1270. The van der Waals surface area contributed by atoms with E-state index in [2.05, 4.69) is 31.9 Å². The van der Waals surface area contributed by atoms with Crippen molar-refractivity contribution in [1.82, 2.24) is 4.98 Å². The number of methoxy groups -OCH3 is 2. The maximum absolute atomic E-state index is 11.7. The number of benzene rings is 1. The second kappa shape index (κ2) is 15.5. The van der Waals surface area contributed by atoms with Gasteiger partial charge in [0.05, 0.1) is 15.4 Å². The zero-order chi connectivity index (χ0) is 26.7. The quantitative estimate of drug-likeness (QED) is 0.0832. The Balaban J connectivity index is 0.00000684. The number of nitriles is 1. The van der Waals surface area contributed by atoms with Crippen LogP contribution in [0.1, 0.15) is 24.0 Å². The first-order valence-electron chi connectivity index (χ1n) is 10.7. The number of hydrogen-bond donors (Lipinski definition) is 2. The van der Waals surface area contributed by atoms with E-state index in [1.807, 2.05) is 0 Å². The summed E-state index contributed by atoms with van der Waals surface area (Å²) in [5.41, 5.74) is -0.241. The second-order valence-electron chi connectivity index (χ2n) is 7.38. The van der Waals surface area contributed by atoms with E-state index in [0.717, 1.165) is 12.1 Å². The van der Waals surface area contributed by atoms with Gasteiger partial charge in [-0.1, -0.05) is 0 Å². The Labute approximate surface area is 236 Å². The Kier molecular flexibility index (Phi) is 13.6. The van der Waals surface area contributed by atoms with Crippen LogP contribution < -0.4 is 40.2 Å². The van der Waals surface area contributed by atoms with Gasteiger partial charge in [0.2, 0.25) is 0 Å². The molecule has 0 spiro atoms. The number of anilines is 2. The van der Waals surface area contributed by atoms with Crippen molar-refractivity contribution in [2.45, 2.75) is 24.7 Å². The molecule has 0 amide bonds. The standard InChI is InChI=1S/C21H27N7O7S.Na/c1-14-16(13-22)20(23-8-4-10-34-2)25-21(24-9-5-11-35-3)19(14)27-26-17-7-6-15(28(29)30)12-18(17)36(31,32)33;/h6-7,12H,4-5,8-11H2,1-3H3,(H2,23,24,25)(H,31,32,33);/q;+1/p-1. The molecule has 0 bridgehead atoms. The van der Waals surface area contributed by atoms with Crippen molar-refractivity contribution in [1.29, 1.82) is 5.26 Å². The third kappa shape index (κ3) is 9.27. The van der Waals surface area contributed by atoms with Gasteiger partial charge in [-0.2, -0.15) is 5.26 Å². The van der Waals surface area contributed by atoms with Crippen LogP contribution in [-0.4, -0.2) is 63.4 Å². The molecule has 0 fully saturated rings. The molecule has 0 aliphatic heterocycles. The van der Waals surface area contributed by atoms with Crippen LogP contribution in [0, 0.1) is 28.4 Å². The van der Waals surface area contributed by atoms with Crippen LogP contribution in [0.25, 0.3) is 0 Å². The molecule has 0 radical (unpaired) electrons. The van der Waals surface area contributed by atoms with E-state index in [4.69, 9.17) is 9.47 Å². The maximum atomic E-state index is 11.7. The first-order valence-corrected chi connectivity index (χ1v) is 12.1. The normalized spacial score (nSPS) is 11.1. The second-order valence-corrected chi connectivity index (χ2v) is 8.73. The minimum absolute atomic E-state index is 0. The number of nitrogens with one attached hydrogen (secondary N) is 2. The van der Waals surface area contributed by atoms with Crippen molar-refractivity contribution in [2.24, 2.45) is 10.2 Å². The van der Waals surface area contributed by atoms with Crippen molar-refractivity contribution < 1.29 is 56.9 Å². The number of nitro groups is 1. The van der Waals surface area contributed by atoms with Gasteiger partial charge in [0, 0.05) is 58.2 Å². The number of nitrogens with zero attached hydrogens (tertiary/aromatic N) is 5. The van der Waals surface area contributed by atoms with Crippen LogP contribution in [-0.2, 0) is 19.6 Å². The summed E-state index contributed by atoms with van der Waals surface area (Å²) in [6, 6.07) is 4.72. The number of non-ortho nitro benzene ring substituents is 1. The Morgan fingerprint density at radius 2 is 1.70 bits per heavy atom. The van der Waals surface area contributed by atoms with Crippen LogP contribution in [0.5, 0.6) is 0 Å². The predicted octanol–water partition coefficient (Wildman–Crippen LogP) is 0.390. The van der Waals surface area contributed by atoms with E-state index in [0.29, 0.717) is 56.6 Å². The molecule has 1 aromatic carbocycles. The summed E-state index contributed by atoms with van der Waals surface area (Å²) in [7, 11) is -1.95. The van der Waals surface area contributed by atoms with Crippen molar-refractivity contribution in [3.05, 3.63) is 39.4 Å². The molecule has 2 aromatic rings. The minimum atomic E-state index is -5.10. The number of azo groups is 1. The van der Waals surface area contributed by atoms with Crippen molar-refractivity contribution in [3.8, 4) is 6.07 Å². The van der Waals surface area contributed by atoms with Gasteiger partial charge in [-0.25, -0.2) is 13.4 Å². The molecule has 2 rings (SSSR count). The SMILES string of the molecule is COCCCNc1nc(NCCCOC)c(N=Nc2ccc([N+](=O)[O-])cc2S(=O)(=O)[O-])c(C)c1C#N.[Na+]. The van der Waals surface area contributed by atoms with Gasteiger partial charge >= 0.3 is 29.6 Å². The average Bonchev–Trinajstić information content (AvgIpc) is 2.83. The Morgan fingerprint density at radius 1 is 1.11 bits per heavy atom. The average molecular weight is 544 g/mol. The molecule has 16 heteroatoms. The van der Waals surface area contributed by atoms with E-state index in [-0.39, 0.29) is 52.3 Å². The van der Waals surface area contributed by atoms with E-state index in [1.54, 1.807) is 21.1 Å². The molecule has 14 nitrogen and oxygen atoms in total. The number of ether oxygens (including phenoxy) is 2. The van der Waals surface area contributed by atoms with Gasteiger partial charge in [-0.3, -0.25) is 10.1 Å². The molecule has 194 valence electrons. The van der Waals surface area contributed by atoms with E-state index in [1.165, 1.54) is 0 Å². The molecule has 1 aromatic heterocycles. The molecule has 0 unspecified atom stereocenters. The largest absolute Gasteiger partial charge is 1.00 e. The summed E-state index contributed by atoms with van der Waals surface area (Å²) in [5, 5.41) is 34.9. The van der Waals surface area contributed by atoms with Crippen LogP contribution in [0.4, 0.5) is 28.7 Å². The molecule has 37 heavy (non-hydrogen) atoms. The van der Waals surface area contributed by atoms with E-state index in [9.17, 15) is 28.3 Å². The first-order chi connectivity index (χ1) is 17.1. The van der Waals surface area contributed by atoms with Crippen molar-refractivity contribution in [2.75, 3.05) is 51.2 Å². The van der Waals surface area contributed by atoms with Gasteiger partial charge in [0.1, 0.15) is 33.4 Å². The fourth-order valence-electron chi connectivity index (χ4n) is 3.05. The monoisotopic (exact) mass is 543 g/mol. The summed E-state index contributed by atoms with van der Waals surface area (Å²) in [5.74, 6) is 0.575. The third-order valence-electron chi connectivity index (χ3n) is 4.84. The smallest absolute Gasteiger partial charge is 0.744 e. The number of aromatic nitrogens is 1. The molecule has 0 saturated heterocycles. The number of rotatable bonds is 14. The molecular formula is C21H26N7NaO7S. The van der Waals surface area contributed by atoms with Gasteiger partial charge in [0.15, 0.2) is 5.82 Å². The van der Waals surface area contributed by atoms with Gasteiger partial charge in [0.25, 0.3) is 5.69 Å². The molecule has 0 saturated carbocycles. The number of nitro benzene ring substituents is 1. The Hall–Kier alpha value is -2.71. The van der Waals surface area contributed by atoms with Gasteiger partial charge in [-0.05, 0) is 25.8 Å². The van der Waals surface area contributed by atoms with Crippen LogP contribution >= 0.6 is 0 Å². The predicted molar refractivity (Wildman–Crippen MR) is 129 cm³/mol. The molecule has 0 aliphatic carbocycles. The topological polar surface area (TPSA) is 204 Å². The zero-order valence-corrected chi connectivity index (χ0v) is 23.8. The summed E-state index contributed by atoms with van der Waals surface area (Å²) >= 11 is 0. The number of pyridine rings is 1. The molecule has 2 N–H and O–H groups in total. The van der Waals surface area contributed by atoms with Crippen molar-refractivity contribution in [3.63, 3.8) is 0 Å². The fourth-order valence-corrected chi connectivity index (χ4v) is 3.68. The number of hydrogen-bond acceptors (Lipinski definition) is 13. The molecule has 0 atom stereocenters. The zero-order valence-electron chi connectivity index (χ0n) is 21.0. The maximum Gasteiger partial charge on any atom is 1.00 e. The summed E-state index contributed by atoms with van der Waals surface area (Å²) in [6.07, 6.45) is 1.30. The van der Waals surface area contributed by atoms with Crippen LogP contribution in [0.2, 0.25) is 0 Å². The van der Waals surface area contributed by atoms with Crippen molar-refractivity contribution >= 4 is 38.8 Å². The summed E-state index contributed by atoms with van der Waals surface area (Å²) in [4.78, 5) is 13.8. The van der Waals surface area contributed by atoms with Gasteiger partial charge in [-0.15, -0.1) is 10.2 Å². The van der Waals surface area contributed by atoms with Gasteiger partial charge < -0.3 is 24.7 Å². The van der Waals surface area contributed by atoms with E-state index >= 15 is 0 Å². The summed E-state index contributed by atoms with van der Waals surface area (Å²) < 4.78 is 45.1. The molecular weight excluding hydrogens is 517 g/mol. The third-order valence-corrected chi connectivity index (χ3v) is 5.71. The van der Waals surface area contributed by atoms with E-state index < -0.39 is 25.6 Å².